The second-order valence-electron chi connectivity index (χ2n) is 4.46. The number of carbonyl (C=O) groups excluding carboxylic acids is 3. The summed E-state index contributed by atoms with van der Waals surface area (Å²) in [5.74, 6) is -2.42. The van der Waals surface area contributed by atoms with E-state index >= 15 is 0 Å². The van der Waals surface area contributed by atoms with Crippen LogP contribution < -0.4 is 0 Å². The normalized spacial score (nSPS) is 14.5. The van der Waals surface area contributed by atoms with Gasteiger partial charge in [-0.2, -0.15) is 0 Å². The summed E-state index contributed by atoms with van der Waals surface area (Å²) >= 11 is 0. The molecule has 0 aliphatic rings. The molecule has 4 atom stereocenters. The molecular weight excluding hydrogens is 364 g/mol. The first-order valence-electron chi connectivity index (χ1n) is 7.03. The Bertz CT molecular complexity index is 364. The van der Waals surface area contributed by atoms with Gasteiger partial charge in [-0.05, 0) is 0 Å². The predicted octanol–water partition coefficient (Wildman–Crippen LogP) is -6.94. The Morgan fingerprint density at radius 3 is 1.00 bits per heavy atom. The zero-order valence-corrected chi connectivity index (χ0v) is 13.7. The Kier molecular flexibility index (Phi) is 20.8. The quantitative estimate of drug-likeness (QED) is 0.166. The van der Waals surface area contributed by atoms with E-state index in [1.54, 1.807) is 0 Å². The smallest absolute Gasteiger partial charge is 0.189 e. The summed E-state index contributed by atoms with van der Waals surface area (Å²) < 4.78 is 0. The van der Waals surface area contributed by atoms with Crippen molar-refractivity contribution in [1.82, 2.24) is 0 Å². The van der Waals surface area contributed by atoms with Crippen LogP contribution in [0.25, 0.3) is 0 Å². The number of aliphatic hydroxyl groups excluding tert-OH is 10. The SMILES string of the molecule is O=C(CO)[C@@H](O)CO.O=C(CO)[C@H](O)CO.O=C(CO)[C@H](O)[C@@H](O)CO. The van der Waals surface area contributed by atoms with Crippen molar-refractivity contribution in [2.45, 2.75) is 24.4 Å². The number of ketones is 3. The molecule has 0 fully saturated rings. The zero-order chi connectivity index (χ0) is 21.3. The van der Waals surface area contributed by atoms with Crippen molar-refractivity contribution in [3.05, 3.63) is 0 Å². The minimum absolute atomic E-state index is 0.626. The van der Waals surface area contributed by atoms with E-state index in [0.29, 0.717) is 0 Å². The molecule has 0 aromatic rings. The third-order valence-corrected chi connectivity index (χ3v) is 2.44. The average molecular weight is 390 g/mol. The van der Waals surface area contributed by atoms with Gasteiger partial charge in [0, 0.05) is 0 Å². The number of aliphatic hydroxyl groups is 10. The van der Waals surface area contributed by atoms with Crippen LogP contribution in [0, 0.1) is 0 Å². The van der Waals surface area contributed by atoms with Gasteiger partial charge in [0.2, 0.25) is 0 Å². The third kappa shape index (κ3) is 14.9. The van der Waals surface area contributed by atoms with Crippen molar-refractivity contribution in [1.29, 1.82) is 0 Å². The van der Waals surface area contributed by atoms with E-state index < -0.39 is 81.4 Å². The van der Waals surface area contributed by atoms with Crippen molar-refractivity contribution in [3.63, 3.8) is 0 Å². The monoisotopic (exact) mass is 390 g/mol. The van der Waals surface area contributed by atoms with Gasteiger partial charge < -0.3 is 51.1 Å². The summed E-state index contributed by atoms with van der Waals surface area (Å²) in [6, 6.07) is 0. The highest BCUT2D eigenvalue weighted by Crippen LogP contribution is 1.92. The Morgan fingerprint density at radius 1 is 0.538 bits per heavy atom. The van der Waals surface area contributed by atoms with Crippen molar-refractivity contribution in [3.8, 4) is 0 Å². The van der Waals surface area contributed by atoms with E-state index in [2.05, 4.69) is 0 Å². The second-order valence-corrected chi connectivity index (χ2v) is 4.46. The van der Waals surface area contributed by atoms with Gasteiger partial charge in [-0.1, -0.05) is 0 Å². The van der Waals surface area contributed by atoms with E-state index in [9.17, 15) is 14.4 Å². The molecular formula is C13H26O13. The Labute approximate surface area is 148 Å². The Balaban J connectivity index is -0.000000308. The van der Waals surface area contributed by atoms with Gasteiger partial charge in [0.15, 0.2) is 17.3 Å². The maximum absolute atomic E-state index is 10.3. The van der Waals surface area contributed by atoms with Crippen LogP contribution in [0.4, 0.5) is 0 Å². The summed E-state index contributed by atoms with van der Waals surface area (Å²) in [5.41, 5.74) is 0. The molecule has 26 heavy (non-hydrogen) atoms. The lowest BCUT2D eigenvalue weighted by atomic mass is 10.1. The maximum Gasteiger partial charge on any atom is 0.189 e. The van der Waals surface area contributed by atoms with Crippen LogP contribution in [0.15, 0.2) is 0 Å². The van der Waals surface area contributed by atoms with E-state index in [1.807, 2.05) is 0 Å². The van der Waals surface area contributed by atoms with Gasteiger partial charge in [-0.15, -0.1) is 0 Å². The molecule has 0 radical (unpaired) electrons. The van der Waals surface area contributed by atoms with E-state index in [0.717, 1.165) is 0 Å². The number of hydrogen-bond acceptors (Lipinski definition) is 13. The molecule has 13 heteroatoms. The summed E-state index contributed by atoms with van der Waals surface area (Å²) in [5, 5.41) is 82.5. The minimum atomic E-state index is -1.69. The highest BCUT2D eigenvalue weighted by molar-refractivity contribution is 5.84. The lowest BCUT2D eigenvalue weighted by Gasteiger charge is -2.11. The molecule has 0 rings (SSSR count). The molecule has 0 saturated heterocycles. The zero-order valence-electron chi connectivity index (χ0n) is 13.7. The van der Waals surface area contributed by atoms with Crippen LogP contribution in [0.1, 0.15) is 0 Å². The first-order valence-corrected chi connectivity index (χ1v) is 7.03. The Morgan fingerprint density at radius 2 is 0.846 bits per heavy atom. The predicted molar refractivity (Wildman–Crippen MR) is 81.6 cm³/mol. The van der Waals surface area contributed by atoms with Crippen LogP contribution >= 0.6 is 0 Å². The standard InChI is InChI=1S/C5H10O5.2C4H8O4/c6-1-3(8)5(10)4(9)2-7;2*5-1-3(7)4(8)2-6/h3,5-8,10H,1-2H2;2*3,5-7H,1-2H2/t3-,5+;2*3-/m010/s1. The van der Waals surface area contributed by atoms with Crippen molar-refractivity contribution >= 4 is 17.3 Å². The van der Waals surface area contributed by atoms with Crippen LogP contribution in [0.2, 0.25) is 0 Å². The average Bonchev–Trinajstić information content (AvgIpc) is 2.69. The first-order chi connectivity index (χ1) is 12.1. The highest BCUT2D eigenvalue weighted by Gasteiger charge is 2.21. The topological polar surface area (TPSA) is 254 Å². The largest absolute Gasteiger partial charge is 0.394 e. The lowest BCUT2D eigenvalue weighted by molar-refractivity contribution is -0.137. The number of rotatable bonds is 10. The second kappa shape index (κ2) is 18.4. The van der Waals surface area contributed by atoms with Crippen LogP contribution in [-0.2, 0) is 14.4 Å². The molecule has 0 unspecified atom stereocenters. The van der Waals surface area contributed by atoms with Crippen LogP contribution in [-0.4, -0.2) is 132 Å². The number of carbonyl (C=O) groups is 3. The molecule has 0 aliphatic carbocycles. The minimum Gasteiger partial charge on any atom is -0.394 e. The van der Waals surface area contributed by atoms with Gasteiger partial charge in [0.25, 0.3) is 0 Å². The van der Waals surface area contributed by atoms with E-state index in [1.165, 1.54) is 0 Å². The fourth-order valence-electron chi connectivity index (χ4n) is 0.822. The van der Waals surface area contributed by atoms with Gasteiger partial charge in [-0.3, -0.25) is 14.4 Å². The van der Waals surface area contributed by atoms with E-state index in [-0.39, 0.29) is 0 Å². The molecule has 0 saturated carbocycles. The summed E-state index contributed by atoms with van der Waals surface area (Å²) in [7, 11) is 0. The van der Waals surface area contributed by atoms with Gasteiger partial charge in [-0.25, -0.2) is 0 Å². The third-order valence-electron chi connectivity index (χ3n) is 2.44. The van der Waals surface area contributed by atoms with Crippen molar-refractivity contribution in [2.75, 3.05) is 39.6 Å². The molecule has 0 amide bonds. The number of Topliss-reactive ketones (excluding diaryl/α,β-unsaturated/α-hetero) is 3. The molecule has 0 spiro atoms. The van der Waals surface area contributed by atoms with Gasteiger partial charge >= 0.3 is 0 Å². The van der Waals surface area contributed by atoms with Gasteiger partial charge in [0.05, 0.1) is 19.8 Å². The van der Waals surface area contributed by atoms with Crippen molar-refractivity contribution in [2.24, 2.45) is 0 Å². The molecule has 0 aliphatic heterocycles. The molecule has 0 aromatic carbocycles. The lowest BCUT2D eigenvalue weighted by Crippen LogP contribution is -2.37. The van der Waals surface area contributed by atoms with Crippen molar-refractivity contribution < 1.29 is 65.4 Å². The maximum atomic E-state index is 10.3. The fourth-order valence-corrected chi connectivity index (χ4v) is 0.822. The van der Waals surface area contributed by atoms with E-state index in [4.69, 9.17) is 51.1 Å². The molecule has 0 aromatic heterocycles. The van der Waals surface area contributed by atoms with Gasteiger partial charge in [0.1, 0.15) is 44.2 Å². The highest BCUT2D eigenvalue weighted by atomic mass is 16.4. The summed E-state index contributed by atoms with van der Waals surface area (Å²) in [4.78, 5) is 30.5. The molecule has 0 bridgehead atoms. The molecule has 156 valence electrons. The van der Waals surface area contributed by atoms with Crippen LogP contribution in [0.5, 0.6) is 0 Å². The summed E-state index contributed by atoms with van der Waals surface area (Å²) in [6.45, 7) is -4.23. The molecule has 0 heterocycles. The number of hydrogen-bond donors (Lipinski definition) is 10. The van der Waals surface area contributed by atoms with Crippen LogP contribution in [0.3, 0.4) is 0 Å². The molecule has 13 nitrogen and oxygen atoms in total. The first kappa shape index (κ1) is 29.4. The molecule has 10 N–H and O–H groups in total. The summed E-state index contributed by atoms with van der Waals surface area (Å²) in [6.07, 6.45) is -6.02. The Hall–Kier alpha value is -1.39. The fraction of sp³-hybridized carbons (Fsp3) is 0.769.